The van der Waals surface area contributed by atoms with Gasteiger partial charge in [-0.1, -0.05) is 76.9 Å². The molecular formula is C21H40O3. The van der Waals surface area contributed by atoms with Gasteiger partial charge < -0.3 is 14.9 Å². The summed E-state index contributed by atoms with van der Waals surface area (Å²) in [5.74, 6) is -0.112. The van der Waals surface area contributed by atoms with Crippen molar-refractivity contribution in [2.75, 3.05) is 13.2 Å². The smallest absolute Gasteiger partial charge is 0.152 e. The van der Waals surface area contributed by atoms with Gasteiger partial charge in [0.2, 0.25) is 0 Å². The molecule has 0 aromatic carbocycles. The van der Waals surface area contributed by atoms with Gasteiger partial charge in [-0.3, -0.25) is 0 Å². The highest BCUT2D eigenvalue weighted by atomic mass is 16.5. The van der Waals surface area contributed by atoms with Crippen LogP contribution in [0.4, 0.5) is 0 Å². The van der Waals surface area contributed by atoms with Crippen LogP contribution in [0.15, 0.2) is 24.2 Å². The standard InChI is InChI=1S/C21H40O3/c1-2-3-4-5-6-7-8-9-10-11-12-13-14-15-16-17-18-24-20-21(23)19-22/h9-10,20,22-23H,2-8,11-19H2,1H3. The van der Waals surface area contributed by atoms with Crippen LogP contribution >= 0.6 is 0 Å². The molecule has 3 heteroatoms. The van der Waals surface area contributed by atoms with E-state index < -0.39 is 0 Å². The van der Waals surface area contributed by atoms with Crippen LogP contribution in [-0.2, 0) is 4.74 Å². The van der Waals surface area contributed by atoms with E-state index in [1.54, 1.807) is 0 Å². The maximum atomic E-state index is 8.97. The molecule has 0 heterocycles. The van der Waals surface area contributed by atoms with Crippen molar-refractivity contribution in [3.05, 3.63) is 24.2 Å². The molecule has 24 heavy (non-hydrogen) atoms. The topological polar surface area (TPSA) is 49.7 Å². The van der Waals surface area contributed by atoms with E-state index in [1.807, 2.05) is 0 Å². The Kier molecular flexibility index (Phi) is 19.3. The number of hydrogen-bond acceptors (Lipinski definition) is 3. The second-order valence-corrected chi connectivity index (χ2v) is 6.58. The van der Waals surface area contributed by atoms with E-state index in [4.69, 9.17) is 14.9 Å². The lowest BCUT2D eigenvalue weighted by atomic mass is 10.1. The van der Waals surface area contributed by atoms with E-state index >= 15 is 0 Å². The number of aliphatic hydroxyl groups is 2. The van der Waals surface area contributed by atoms with Crippen LogP contribution in [0.25, 0.3) is 0 Å². The third-order valence-electron chi connectivity index (χ3n) is 4.16. The van der Waals surface area contributed by atoms with E-state index in [9.17, 15) is 0 Å². The quantitative estimate of drug-likeness (QED) is 0.172. The van der Waals surface area contributed by atoms with Gasteiger partial charge in [0.15, 0.2) is 5.76 Å². The van der Waals surface area contributed by atoms with Gasteiger partial charge in [-0.15, -0.1) is 0 Å². The summed E-state index contributed by atoms with van der Waals surface area (Å²) in [4.78, 5) is 0. The molecular weight excluding hydrogens is 300 g/mol. The van der Waals surface area contributed by atoms with Gasteiger partial charge in [0, 0.05) is 0 Å². The summed E-state index contributed by atoms with van der Waals surface area (Å²) in [5, 5.41) is 17.5. The van der Waals surface area contributed by atoms with Crippen LogP contribution in [0.2, 0.25) is 0 Å². The second kappa shape index (κ2) is 20.1. The molecule has 0 radical (unpaired) electrons. The Hall–Kier alpha value is -0.960. The second-order valence-electron chi connectivity index (χ2n) is 6.58. The minimum atomic E-state index is -0.354. The summed E-state index contributed by atoms with van der Waals surface area (Å²) in [5.41, 5.74) is 0. The summed E-state index contributed by atoms with van der Waals surface area (Å²) < 4.78 is 5.12. The monoisotopic (exact) mass is 340 g/mol. The van der Waals surface area contributed by atoms with Crippen molar-refractivity contribution in [3.63, 3.8) is 0 Å². The zero-order valence-corrected chi connectivity index (χ0v) is 15.8. The van der Waals surface area contributed by atoms with Crippen molar-refractivity contribution < 1.29 is 14.9 Å². The maximum absolute atomic E-state index is 8.97. The van der Waals surface area contributed by atoms with Gasteiger partial charge in [0.25, 0.3) is 0 Å². The molecule has 0 spiro atoms. The molecule has 0 aromatic rings. The first-order valence-corrected chi connectivity index (χ1v) is 10.1. The van der Waals surface area contributed by atoms with Gasteiger partial charge in [-0.25, -0.2) is 0 Å². The lowest BCUT2D eigenvalue weighted by Crippen LogP contribution is -1.93. The fourth-order valence-corrected chi connectivity index (χ4v) is 2.63. The molecule has 3 nitrogen and oxygen atoms in total. The lowest BCUT2D eigenvalue weighted by Gasteiger charge is -2.02. The molecule has 0 unspecified atom stereocenters. The predicted octanol–water partition coefficient (Wildman–Crippen LogP) is 6.43. The number of rotatable bonds is 18. The van der Waals surface area contributed by atoms with Crippen LogP contribution < -0.4 is 0 Å². The number of hydrogen-bond donors (Lipinski definition) is 2. The molecule has 0 fully saturated rings. The van der Waals surface area contributed by atoms with Crippen LogP contribution in [0, 0.1) is 0 Å². The molecule has 0 saturated heterocycles. The minimum Gasteiger partial charge on any atom is -0.507 e. The number of unbranched alkanes of at least 4 members (excludes halogenated alkanes) is 12. The molecule has 0 atom stereocenters. The fraction of sp³-hybridized carbons (Fsp3) is 0.810. The first-order chi connectivity index (χ1) is 11.8. The Morgan fingerprint density at radius 3 is 1.79 bits per heavy atom. The maximum Gasteiger partial charge on any atom is 0.152 e. The van der Waals surface area contributed by atoms with E-state index in [-0.39, 0.29) is 12.4 Å². The van der Waals surface area contributed by atoms with Gasteiger partial charge >= 0.3 is 0 Å². The van der Waals surface area contributed by atoms with E-state index in [1.165, 1.54) is 89.7 Å². The largest absolute Gasteiger partial charge is 0.507 e. The first-order valence-electron chi connectivity index (χ1n) is 10.1. The van der Waals surface area contributed by atoms with Crippen molar-refractivity contribution in [1.82, 2.24) is 0 Å². The molecule has 0 aliphatic carbocycles. The Bertz CT molecular complexity index is 297. The summed E-state index contributed by atoms with van der Waals surface area (Å²) >= 11 is 0. The molecule has 142 valence electrons. The van der Waals surface area contributed by atoms with Gasteiger partial charge in [0.05, 0.1) is 6.61 Å². The predicted molar refractivity (Wildman–Crippen MR) is 103 cm³/mol. The Morgan fingerprint density at radius 2 is 1.25 bits per heavy atom. The van der Waals surface area contributed by atoms with Crippen molar-refractivity contribution in [1.29, 1.82) is 0 Å². The van der Waals surface area contributed by atoms with E-state index in [0.717, 1.165) is 6.42 Å². The van der Waals surface area contributed by atoms with E-state index in [2.05, 4.69) is 19.1 Å². The summed E-state index contributed by atoms with van der Waals surface area (Å²) in [6.45, 7) is 2.53. The molecule has 0 bridgehead atoms. The van der Waals surface area contributed by atoms with Crippen LogP contribution in [0.1, 0.15) is 96.8 Å². The van der Waals surface area contributed by atoms with Crippen LogP contribution in [0.5, 0.6) is 0 Å². The molecule has 0 aliphatic rings. The van der Waals surface area contributed by atoms with E-state index in [0.29, 0.717) is 6.61 Å². The summed E-state index contributed by atoms with van der Waals surface area (Å²) in [7, 11) is 0. The molecule has 0 aliphatic heterocycles. The third-order valence-corrected chi connectivity index (χ3v) is 4.16. The van der Waals surface area contributed by atoms with Crippen molar-refractivity contribution in [3.8, 4) is 0 Å². The molecule has 0 rings (SSSR count). The average Bonchev–Trinajstić information content (AvgIpc) is 2.60. The third kappa shape index (κ3) is 19.1. The molecule has 0 saturated carbocycles. The SMILES string of the molecule is CCCCCCCCC=CCCCCCCCCOC=C(O)CO. The van der Waals surface area contributed by atoms with Crippen LogP contribution in [-0.4, -0.2) is 23.4 Å². The minimum absolute atomic E-state index is 0.112. The lowest BCUT2D eigenvalue weighted by molar-refractivity contribution is 0.195. The Balaban J connectivity index is 3.13. The summed E-state index contributed by atoms with van der Waals surface area (Å²) in [6, 6.07) is 0. The van der Waals surface area contributed by atoms with Crippen LogP contribution in [0.3, 0.4) is 0 Å². The average molecular weight is 341 g/mol. The van der Waals surface area contributed by atoms with Crippen molar-refractivity contribution in [2.24, 2.45) is 0 Å². The normalized spacial score (nSPS) is 12.2. The number of aliphatic hydroxyl groups excluding tert-OH is 2. The molecule has 0 aromatic heterocycles. The zero-order valence-electron chi connectivity index (χ0n) is 15.8. The van der Waals surface area contributed by atoms with Crippen molar-refractivity contribution in [2.45, 2.75) is 96.8 Å². The van der Waals surface area contributed by atoms with Gasteiger partial charge in [-0.05, 0) is 32.1 Å². The Labute approximate surface area is 149 Å². The molecule has 2 N–H and O–H groups in total. The zero-order chi connectivity index (χ0) is 17.7. The highest BCUT2D eigenvalue weighted by molar-refractivity contribution is 4.83. The fourth-order valence-electron chi connectivity index (χ4n) is 2.63. The summed E-state index contributed by atoms with van der Waals surface area (Å²) in [6.07, 6.45) is 24.1. The number of allylic oxidation sites excluding steroid dienone is 2. The van der Waals surface area contributed by atoms with Crippen molar-refractivity contribution >= 4 is 0 Å². The first kappa shape index (κ1) is 23.0. The Morgan fingerprint density at radius 1 is 0.750 bits per heavy atom. The molecule has 0 amide bonds. The van der Waals surface area contributed by atoms with Gasteiger partial charge in [0.1, 0.15) is 12.9 Å². The highest BCUT2D eigenvalue weighted by Crippen LogP contribution is 2.10. The highest BCUT2D eigenvalue weighted by Gasteiger charge is 1.93. The number of ether oxygens (including phenoxy) is 1. The van der Waals surface area contributed by atoms with Gasteiger partial charge in [-0.2, -0.15) is 0 Å².